The van der Waals surface area contributed by atoms with Crippen molar-refractivity contribution in [3.8, 4) is 0 Å². The Hall–Kier alpha value is -0.570. The Kier molecular flexibility index (Phi) is 1.65. The lowest BCUT2D eigenvalue weighted by molar-refractivity contribution is -0.174. The number of hydrogen-bond donors (Lipinski definition) is 0. The second-order valence-electron chi connectivity index (χ2n) is 4.37. The van der Waals surface area contributed by atoms with Crippen LogP contribution in [0.3, 0.4) is 0 Å². The normalized spacial score (nSPS) is 27.7. The van der Waals surface area contributed by atoms with Crippen molar-refractivity contribution in [1.82, 2.24) is 4.90 Å². The van der Waals surface area contributed by atoms with Gasteiger partial charge in [0.1, 0.15) is 0 Å². The van der Waals surface area contributed by atoms with Crippen molar-refractivity contribution >= 4 is 5.91 Å². The van der Waals surface area contributed by atoms with E-state index in [0.29, 0.717) is 19.1 Å². The molecule has 3 nitrogen and oxygen atoms in total. The minimum atomic E-state index is -0.194. The average molecular weight is 169 g/mol. The van der Waals surface area contributed by atoms with Crippen LogP contribution in [0.25, 0.3) is 0 Å². The summed E-state index contributed by atoms with van der Waals surface area (Å²) in [4.78, 5) is 13.7. The van der Waals surface area contributed by atoms with Gasteiger partial charge >= 0.3 is 0 Å². The van der Waals surface area contributed by atoms with Crippen molar-refractivity contribution in [2.24, 2.45) is 11.3 Å². The second kappa shape index (κ2) is 2.46. The van der Waals surface area contributed by atoms with E-state index < -0.39 is 0 Å². The Morgan fingerprint density at radius 3 is 2.42 bits per heavy atom. The zero-order valence-electron chi connectivity index (χ0n) is 7.67. The molecular weight excluding hydrogens is 154 g/mol. The molecule has 1 amide bonds. The van der Waals surface area contributed by atoms with Crippen LogP contribution in [-0.2, 0) is 9.53 Å². The topological polar surface area (TPSA) is 29.5 Å². The molecule has 2 saturated heterocycles. The molecule has 0 N–H and O–H groups in total. The predicted octanol–water partition coefficient (Wildman–Crippen LogP) is 0.501. The van der Waals surface area contributed by atoms with E-state index in [-0.39, 0.29) is 11.3 Å². The standard InChI is InChI=1S/C9H15NO2/c1-7-3-10(4-7)8(11)9(2)5-12-6-9/h7H,3-6H2,1-2H3. The molecule has 2 aliphatic rings. The molecule has 0 spiro atoms. The van der Waals surface area contributed by atoms with Crippen LogP contribution in [0.15, 0.2) is 0 Å². The minimum Gasteiger partial charge on any atom is -0.379 e. The van der Waals surface area contributed by atoms with Crippen molar-refractivity contribution in [3.05, 3.63) is 0 Å². The highest BCUT2D eigenvalue weighted by atomic mass is 16.5. The Labute approximate surface area is 72.7 Å². The Balaban J connectivity index is 1.92. The smallest absolute Gasteiger partial charge is 0.233 e. The van der Waals surface area contributed by atoms with Gasteiger partial charge in [0.15, 0.2) is 0 Å². The Morgan fingerprint density at radius 2 is 2.08 bits per heavy atom. The zero-order valence-corrected chi connectivity index (χ0v) is 7.67. The van der Waals surface area contributed by atoms with E-state index in [1.54, 1.807) is 0 Å². The predicted molar refractivity (Wildman–Crippen MR) is 44.7 cm³/mol. The molecule has 0 radical (unpaired) electrons. The molecule has 3 heteroatoms. The first-order valence-corrected chi connectivity index (χ1v) is 4.49. The number of likely N-dealkylation sites (tertiary alicyclic amines) is 1. The second-order valence-corrected chi connectivity index (χ2v) is 4.37. The van der Waals surface area contributed by atoms with E-state index in [9.17, 15) is 4.79 Å². The molecule has 2 rings (SSSR count). The molecule has 0 aliphatic carbocycles. The Morgan fingerprint density at radius 1 is 1.50 bits per heavy atom. The number of rotatable bonds is 1. The summed E-state index contributed by atoms with van der Waals surface area (Å²) in [5.41, 5.74) is -0.194. The summed E-state index contributed by atoms with van der Waals surface area (Å²) in [6.45, 7) is 7.25. The summed E-state index contributed by atoms with van der Waals surface area (Å²) < 4.78 is 5.06. The molecule has 0 atom stereocenters. The maximum absolute atomic E-state index is 11.7. The number of ether oxygens (including phenoxy) is 1. The molecule has 0 bridgehead atoms. The maximum Gasteiger partial charge on any atom is 0.233 e. The van der Waals surface area contributed by atoms with E-state index in [1.165, 1.54) is 0 Å². The molecular formula is C9H15NO2. The molecule has 2 heterocycles. The number of carbonyl (C=O) groups is 1. The van der Waals surface area contributed by atoms with Gasteiger partial charge in [-0.1, -0.05) is 6.92 Å². The fourth-order valence-electron chi connectivity index (χ4n) is 1.78. The average Bonchev–Trinajstić information content (AvgIpc) is 1.93. The van der Waals surface area contributed by atoms with Gasteiger partial charge in [-0.2, -0.15) is 0 Å². The maximum atomic E-state index is 11.7. The highest BCUT2D eigenvalue weighted by molar-refractivity contribution is 5.84. The quantitative estimate of drug-likeness (QED) is 0.572. The molecule has 2 fully saturated rings. The van der Waals surface area contributed by atoms with Gasteiger partial charge in [-0.3, -0.25) is 4.79 Å². The van der Waals surface area contributed by atoms with E-state index in [2.05, 4.69) is 6.92 Å². The largest absolute Gasteiger partial charge is 0.379 e. The first kappa shape index (κ1) is 8.05. The molecule has 0 aromatic heterocycles. The summed E-state index contributed by atoms with van der Waals surface area (Å²) in [5, 5.41) is 0. The van der Waals surface area contributed by atoms with Gasteiger partial charge in [0.2, 0.25) is 5.91 Å². The zero-order chi connectivity index (χ0) is 8.77. The third-order valence-corrected chi connectivity index (χ3v) is 2.71. The van der Waals surface area contributed by atoms with Gasteiger partial charge in [-0.25, -0.2) is 0 Å². The highest BCUT2D eigenvalue weighted by Gasteiger charge is 2.45. The SMILES string of the molecule is CC1CN(C(=O)C2(C)COC2)C1. The fourth-order valence-corrected chi connectivity index (χ4v) is 1.78. The molecule has 12 heavy (non-hydrogen) atoms. The third-order valence-electron chi connectivity index (χ3n) is 2.71. The van der Waals surface area contributed by atoms with Gasteiger partial charge in [0.25, 0.3) is 0 Å². The summed E-state index contributed by atoms with van der Waals surface area (Å²) in [6, 6.07) is 0. The van der Waals surface area contributed by atoms with Crippen LogP contribution in [0, 0.1) is 11.3 Å². The molecule has 0 aromatic rings. The lowest BCUT2D eigenvalue weighted by atomic mass is 9.85. The third kappa shape index (κ3) is 1.04. The van der Waals surface area contributed by atoms with Gasteiger partial charge in [0, 0.05) is 13.1 Å². The van der Waals surface area contributed by atoms with Gasteiger partial charge < -0.3 is 9.64 Å². The minimum absolute atomic E-state index is 0.194. The first-order chi connectivity index (χ1) is 5.62. The Bertz CT molecular complexity index is 205. The lowest BCUT2D eigenvalue weighted by Crippen LogP contribution is -2.59. The number of carbonyl (C=O) groups excluding carboxylic acids is 1. The summed E-state index contributed by atoms with van der Waals surface area (Å²) in [7, 11) is 0. The van der Waals surface area contributed by atoms with Crippen molar-refractivity contribution in [1.29, 1.82) is 0 Å². The van der Waals surface area contributed by atoms with Crippen LogP contribution in [-0.4, -0.2) is 37.1 Å². The van der Waals surface area contributed by atoms with Crippen molar-refractivity contribution in [3.63, 3.8) is 0 Å². The number of nitrogens with zero attached hydrogens (tertiary/aromatic N) is 1. The van der Waals surface area contributed by atoms with Crippen LogP contribution >= 0.6 is 0 Å². The van der Waals surface area contributed by atoms with Gasteiger partial charge in [0.05, 0.1) is 18.6 Å². The molecule has 68 valence electrons. The summed E-state index contributed by atoms with van der Waals surface area (Å²) in [5.74, 6) is 0.977. The van der Waals surface area contributed by atoms with Crippen molar-refractivity contribution < 1.29 is 9.53 Å². The van der Waals surface area contributed by atoms with E-state index in [0.717, 1.165) is 13.1 Å². The molecule has 0 aromatic carbocycles. The summed E-state index contributed by atoms with van der Waals surface area (Å²) in [6.07, 6.45) is 0. The monoisotopic (exact) mass is 169 g/mol. The molecule has 0 saturated carbocycles. The number of hydrogen-bond acceptors (Lipinski definition) is 2. The summed E-state index contributed by atoms with van der Waals surface area (Å²) >= 11 is 0. The van der Waals surface area contributed by atoms with E-state index in [1.807, 2.05) is 11.8 Å². The van der Waals surface area contributed by atoms with Crippen LogP contribution < -0.4 is 0 Å². The van der Waals surface area contributed by atoms with Gasteiger partial charge in [-0.15, -0.1) is 0 Å². The molecule has 2 aliphatic heterocycles. The van der Waals surface area contributed by atoms with Crippen molar-refractivity contribution in [2.75, 3.05) is 26.3 Å². The first-order valence-electron chi connectivity index (χ1n) is 4.49. The lowest BCUT2D eigenvalue weighted by Gasteiger charge is -2.46. The van der Waals surface area contributed by atoms with Crippen molar-refractivity contribution in [2.45, 2.75) is 13.8 Å². The van der Waals surface area contributed by atoms with Crippen LogP contribution in [0.5, 0.6) is 0 Å². The highest BCUT2D eigenvalue weighted by Crippen LogP contribution is 2.31. The van der Waals surface area contributed by atoms with E-state index >= 15 is 0 Å². The number of amides is 1. The fraction of sp³-hybridized carbons (Fsp3) is 0.889. The van der Waals surface area contributed by atoms with Crippen LogP contribution in [0.2, 0.25) is 0 Å². The van der Waals surface area contributed by atoms with Crippen LogP contribution in [0.1, 0.15) is 13.8 Å². The van der Waals surface area contributed by atoms with Crippen LogP contribution in [0.4, 0.5) is 0 Å². The molecule has 0 unspecified atom stereocenters. The van der Waals surface area contributed by atoms with Gasteiger partial charge in [-0.05, 0) is 12.8 Å². The van der Waals surface area contributed by atoms with E-state index in [4.69, 9.17) is 4.74 Å².